The Kier molecular flexibility index (Phi) is 2.00. The summed E-state index contributed by atoms with van der Waals surface area (Å²) in [4.78, 5) is 0.737. The lowest BCUT2D eigenvalue weighted by atomic mass is 10.2. The molecule has 0 atom stereocenters. The van der Waals surface area contributed by atoms with Crippen LogP contribution in [0.4, 0.5) is 8.78 Å². The summed E-state index contributed by atoms with van der Waals surface area (Å²) in [7, 11) is 0. The van der Waals surface area contributed by atoms with Crippen LogP contribution in [0.5, 0.6) is 0 Å². The number of aryl methyl sites for hydroxylation is 1. The van der Waals surface area contributed by atoms with Gasteiger partial charge in [-0.25, -0.2) is 8.78 Å². The maximum Gasteiger partial charge on any atom is 0.141 e. The average Bonchev–Trinajstić information content (AvgIpc) is 2.38. The lowest BCUT2D eigenvalue weighted by Gasteiger charge is -1.93. The van der Waals surface area contributed by atoms with Crippen LogP contribution in [0.15, 0.2) is 12.1 Å². The molecule has 4 heteroatoms. The molecule has 0 bridgehead atoms. The predicted octanol–water partition coefficient (Wildman–Crippen LogP) is 4.14. The van der Waals surface area contributed by atoms with Gasteiger partial charge in [-0.1, -0.05) is 11.6 Å². The summed E-state index contributed by atoms with van der Waals surface area (Å²) in [6, 6.07) is 2.21. The molecule has 1 aromatic carbocycles. The molecule has 0 aliphatic rings. The molecule has 2 rings (SSSR count). The molecule has 2 aromatic rings. The summed E-state index contributed by atoms with van der Waals surface area (Å²) in [5.74, 6) is -0.887. The van der Waals surface area contributed by atoms with Gasteiger partial charge >= 0.3 is 0 Å². The number of hydrogen-bond acceptors (Lipinski definition) is 1. The first-order chi connectivity index (χ1) is 6.11. The van der Waals surface area contributed by atoms with E-state index in [2.05, 4.69) is 0 Å². The van der Waals surface area contributed by atoms with Crippen molar-refractivity contribution in [1.29, 1.82) is 0 Å². The number of benzene rings is 1. The van der Waals surface area contributed by atoms with Gasteiger partial charge in [-0.2, -0.15) is 0 Å². The lowest BCUT2D eigenvalue weighted by Crippen LogP contribution is -1.78. The van der Waals surface area contributed by atoms with Crippen molar-refractivity contribution >= 4 is 33.0 Å². The fourth-order valence-electron chi connectivity index (χ4n) is 1.21. The topological polar surface area (TPSA) is 0 Å². The Bertz CT molecular complexity index is 476. The van der Waals surface area contributed by atoms with Crippen molar-refractivity contribution < 1.29 is 8.78 Å². The van der Waals surface area contributed by atoms with Gasteiger partial charge in [0.15, 0.2) is 0 Å². The highest BCUT2D eigenvalue weighted by Crippen LogP contribution is 2.37. The zero-order valence-corrected chi connectivity index (χ0v) is 8.27. The van der Waals surface area contributed by atoms with Gasteiger partial charge in [0.05, 0.1) is 15.1 Å². The predicted molar refractivity (Wildman–Crippen MR) is 51.5 cm³/mol. The van der Waals surface area contributed by atoms with E-state index in [1.807, 2.05) is 0 Å². The zero-order valence-electron chi connectivity index (χ0n) is 6.70. The molecule has 1 aromatic heterocycles. The molecule has 1 heterocycles. The van der Waals surface area contributed by atoms with E-state index in [9.17, 15) is 8.78 Å². The summed E-state index contributed by atoms with van der Waals surface area (Å²) in [6.45, 7) is 1.74. The van der Waals surface area contributed by atoms with E-state index in [4.69, 9.17) is 11.6 Å². The molecule has 0 spiro atoms. The molecular weight excluding hydrogens is 214 g/mol. The third kappa shape index (κ3) is 1.23. The van der Waals surface area contributed by atoms with Crippen LogP contribution in [-0.2, 0) is 0 Å². The first-order valence-electron chi connectivity index (χ1n) is 3.64. The maximum absolute atomic E-state index is 13.2. The van der Waals surface area contributed by atoms with Crippen molar-refractivity contribution in [3.8, 4) is 0 Å². The van der Waals surface area contributed by atoms with Crippen LogP contribution < -0.4 is 0 Å². The van der Waals surface area contributed by atoms with Crippen LogP contribution in [0.3, 0.4) is 0 Å². The smallest absolute Gasteiger partial charge is 0.141 e. The number of fused-ring (bicyclic) bond motifs is 1. The van der Waals surface area contributed by atoms with Gasteiger partial charge in [-0.3, -0.25) is 0 Å². The maximum atomic E-state index is 13.2. The minimum absolute atomic E-state index is 0.198. The van der Waals surface area contributed by atoms with E-state index >= 15 is 0 Å². The molecule has 0 N–H and O–H groups in total. The minimum atomic E-state index is -0.467. The fourth-order valence-corrected chi connectivity index (χ4v) is 2.53. The second-order valence-electron chi connectivity index (χ2n) is 2.71. The van der Waals surface area contributed by atoms with Crippen molar-refractivity contribution in [2.24, 2.45) is 0 Å². The minimum Gasteiger partial charge on any atom is -0.206 e. The van der Waals surface area contributed by atoms with Crippen molar-refractivity contribution in [3.05, 3.63) is 33.7 Å². The second kappa shape index (κ2) is 2.93. The Morgan fingerprint density at radius 2 is 1.85 bits per heavy atom. The fraction of sp³-hybridized carbons (Fsp3) is 0.111. The Morgan fingerprint density at radius 1 is 1.23 bits per heavy atom. The number of thiophene rings is 1. The zero-order chi connectivity index (χ0) is 9.59. The third-order valence-corrected chi connectivity index (χ3v) is 3.54. The summed E-state index contributed by atoms with van der Waals surface area (Å²) in [5.41, 5.74) is 0. The molecule has 0 amide bonds. The van der Waals surface area contributed by atoms with Gasteiger partial charge in [0.25, 0.3) is 0 Å². The number of halogens is 3. The standard InChI is InChI=1S/C9H5ClF2S/c1-4-8(10)7-5(11)2-3-6(12)9(7)13-4/h2-3H,1H3. The van der Waals surface area contributed by atoms with Crippen molar-refractivity contribution in [2.45, 2.75) is 6.92 Å². The van der Waals surface area contributed by atoms with E-state index < -0.39 is 11.6 Å². The molecule has 0 aliphatic carbocycles. The molecule has 0 nitrogen and oxygen atoms in total. The largest absolute Gasteiger partial charge is 0.206 e. The summed E-state index contributed by atoms with van der Waals surface area (Å²) in [6.07, 6.45) is 0. The van der Waals surface area contributed by atoms with Crippen molar-refractivity contribution in [3.63, 3.8) is 0 Å². The van der Waals surface area contributed by atoms with Crippen molar-refractivity contribution in [1.82, 2.24) is 0 Å². The van der Waals surface area contributed by atoms with Gasteiger partial charge in [-0.05, 0) is 19.1 Å². The monoisotopic (exact) mass is 218 g/mol. The SMILES string of the molecule is Cc1sc2c(F)ccc(F)c2c1Cl. The summed E-state index contributed by atoms with van der Waals surface area (Å²) < 4.78 is 26.6. The van der Waals surface area contributed by atoms with E-state index in [0.717, 1.165) is 17.0 Å². The average molecular weight is 219 g/mol. The second-order valence-corrected chi connectivity index (χ2v) is 4.31. The van der Waals surface area contributed by atoms with Crippen LogP contribution in [0, 0.1) is 18.6 Å². The highest BCUT2D eigenvalue weighted by Gasteiger charge is 2.14. The van der Waals surface area contributed by atoms with Crippen LogP contribution in [-0.4, -0.2) is 0 Å². The molecule has 0 fully saturated rings. The third-order valence-electron chi connectivity index (χ3n) is 1.84. The molecule has 0 saturated carbocycles. The first-order valence-corrected chi connectivity index (χ1v) is 4.83. The number of hydrogen-bond donors (Lipinski definition) is 0. The van der Waals surface area contributed by atoms with Crippen LogP contribution in [0.2, 0.25) is 5.02 Å². The lowest BCUT2D eigenvalue weighted by molar-refractivity contribution is 0.619. The van der Waals surface area contributed by atoms with Gasteiger partial charge in [0.2, 0.25) is 0 Å². The van der Waals surface area contributed by atoms with E-state index in [-0.39, 0.29) is 5.39 Å². The van der Waals surface area contributed by atoms with Gasteiger partial charge in [0, 0.05) is 4.88 Å². The van der Waals surface area contributed by atoms with E-state index in [0.29, 0.717) is 9.72 Å². The Balaban J connectivity index is 3.00. The van der Waals surface area contributed by atoms with Gasteiger partial charge in [0.1, 0.15) is 11.6 Å². The first kappa shape index (κ1) is 8.91. The molecule has 0 unspecified atom stereocenters. The van der Waals surface area contributed by atoms with Crippen molar-refractivity contribution in [2.75, 3.05) is 0 Å². The van der Waals surface area contributed by atoms with Gasteiger partial charge in [-0.15, -0.1) is 11.3 Å². The molecule has 0 saturated heterocycles. The van der Waals surface area contributed by atoms with Gasteiger partial charge < -0.3 is 0 Å². The van der Waals surface area contributed by atoms with E-state index in [1.54, 1.807) is 6.92 Å². The van der Waals surface area contributed by atoms with E-state index in [1.165, 1.54) is 11.3 Å². The van der Waals surface area contributed by atoms with Crippen LogP contribution in [0.25, 0.3) is 10.1 Å². The highest BCUT2D eigenvalue weighted by atomic mass is 35.5. The quantitative estimate of drug-likeness (QED) is 0.624. The highest BCUT2D eigenvalue weighted by molar-refractivity contribution is 7.19. The van der Waals surface area contributed by atoms with Crippen LogP contribution in [0.1, 0.15) is 4.88 Å². The molecule has 0 radical (unpaired) electrons. The van der Waals surface area contributed by atoms with Crippen LogP contribution >= 0.6 is 22.9 Å². The Hall–Kier alpha value is -0.670. The molecule has 68 valence electrons. The summed E-state index contributed by atoms with van der Waals surface area (Å²) >= 11 is 7.00. The summed E-state index contributed by atoms with van der Waals surface area (Å²) in [5, 5.41) is 0.515. The molecule has 13 heavy (non-hydrogen) atoms. The number of rotatable bonds is 0. The Labute approximate surface area is 82.8 Å². The molecule has 0 aliphatic heterocycles. The molecular formula is C9H5ClF2S. The Morgan fingerprint density at radius 3 is 2.46 bits per heavy atom. The normalized spacial score (nSPS) is 11.1.